The Bertz CT molecular complexity index is 531. The van der Waals surface area contributed by atoms with Gasteiger partial charge in [0, 0.05) is 0 Å². The summed E-state index contributed by atoms with van der Waals surface area (Å²) in [5.41, 5.74) is 0.577. The number of ether oxygens (including phenoxy) is 1. The van der Waals surface area contributed by atoms with Gasteiger partial charge in [-0.1, -0.05) is 13.8 Å². The lowest BCUT2D eigenvalue weighted by Crippen LogP contribution is -2.54. The van der Waals surface area contributed by atoms with Crippen molar-refractivity contribution in [2.75, 3.05) is 6.61 Å². The summed E-state index contributed by atoms with van der Waals surface area (Å²) in [4.78, 5) is 12.2. The molecule has 0 saturated heterocycles. The Labute approximate surface area is 152 Å². The first-order valence-corrected chi connectivity index (χ1v) is 10.7. The summed E-state index contributed by atoms with van der Waals surface area (Å²) in [5.74, 6) is 3.20. The van der Waals surface area contributed by atoms with Gasteiger partial charge in [0.1, 0.15) is 0 Å². The van der Waals surface area contributed by atoms with Gasteiger partial charge in [0.25, 0.3) is 0 Å². The van der Waals surface area contributed by atoms with Crippen LogP contribution in [0.2, 0.25) is 0 Å². The fraction of sp³-hybridized carbons (Fsp3) is 0.955. The highest BCUT2D eigenvalue weighted by Crippen LogP contribution is 2.66. The molecular formula is C22H36O3. The SMILES string of the molecule is CCOC(=O)C1CCC2(C)C(CCC3C4CCC(O)C4(C)CCC32)C1. The third-order valence-electron chi connectivity index (χ3n) is 9.24. The van der Waals surface area contributed by atoms with Gasteiger partial charge in [0.15, 0.2) is 0 Å². The molecule has 8 unspecified atom stereocenters. The topological polar surface area (TPSA) is 46.5 Å². The zero-order chi connectivity index (χ0) is 17.8. The van der Waals surface area contributed by atoms with Crippen LogP contribution < -0.4 is 0 Å². The van der Waals surface area contributed by atoms with Crippen LogP contribution in [0.1, 0.15) is 78.6 Å². The molecule has 4 fully saturated rings. The number of aliphatic hydroxyl groups is 1. The summed E-state index contributed by atoms with van der Waals surface area (Å²) in [6, 6.07) is 0. The lowest BCUT2D eigenvalue weighted by molar-refractivity contribution is -0.158. The smallest absolute Gasteiger partial charge is 0.308 e. The summed E-state index contributed by atoms with van der Waals surface area (Å²) >= 11 is 0. The molecule has 0 heterocycles. The number of hydrogen-bond acceptors (Lipinski definition) is 3. The van der Waals surface area contributed by atoms with Gasteiger partial charge in [0.05, 0.1) is 18.6 Å². The molecule has 4 aliphatic rings. The van der Waals surface area contributed by atoms with Crippen LogP contribution in [0.4, 0.5) is 0 Å². The highest BCUT2D eigenvalue weighted by molar-refractivity contribution is 5.72. The molecule has 0 aromatic carbocycles. The highest BCUT2D eigenvalue weighted by Gasteiger charge is 2.60. The second-order valence-corrected chi connectivity index (χ2v) is 10.0. The van der Waals surface area contributed by atoms with Crippen LogP contribution in [0.3, 0.4) is 0 Å². The fourth-order valence-corrected chi connectivity index (χ4v) is 7.70. The largest absolute Gasteiger partial charge is 0.466 e. The molecule has 4 saturated carbocycles. The van der Waals surface area contributed by atoms with Gasteiger partial charge in [-0.15, -0.1) is 0 Å². The second kappa shape index (κ2) is 6.25. The molecule has 1 N–H and O–H groups in total. The van der Waals surface area contributed by atoms with Crippen LogP contribution in [0.25, 0.3) is 0 Å². The highest BCUT2D eigenvalue weighted by atomic mass is 16.5. The van der Waals surface area contributed by atoms with E-state index in [2.05, 4.69) is 13.8 Å². The lowest BCUT2D eigenvalue weighted by atomic mass is 9.44. The van der Waals surface area contributed by atoms with Crippen LogP contribution in [-0.2, 0) is 9.53 Å². The van der Waals surface area contributed by atoms with E-state index in [-0.39, 0.29) is 23.4 Å². The third-order valence-corrected chi connectivity index (χ3v) is 9.24. The molecule has 0 radical (unpaired) electrons. The number of rotatable bonds is 2. The van der Waals surface area contributed by atoms with Crippen LogP contribution in [0.15, 0.2) is 0 Å². The van der Waals surface area contributed by atoms with Crippen LogP contribution in [0, 0.1) is 40.4 Å². The number of carbonyl (C=O) groups is 1. The van der Waals surface area contributed by atoms with Crippen molar-refractivity contribution in [3.8, 4) is 0 Å². The number of fused-ring (bicyclic) bond motifs is 5. The number of aliphatic hydroxyl groups excluding tert-OH is 1. The first kappa shape index (κ1) is 17.8. The van der Waals surface area contributed by atoms with Gasteiger partial charge in [-0.25, -0.2) is 0 Å². The monoisotopic (exact) mass is 348 g/mol. The van der Waals surface area contributed by atoms with E-state index >= 15 is 0 Å². The van der Waals surface area contributed by atoms with Gasteiger partial charge in [-0.3, -0.25) is 4.79 Å². The number of esters is 1. The van der Waals surface area contributed by atoms with Gasteiger partial charge < -0.3 is 9.84 Å². The van der Waals surface area contributed by atoms with Crippen molar-refractivity contribution < 1.29 is 14.6 Å². The molecule has 3 heteroatoms. The summed E-state index contributed by atoms with van der Waals surface area (Å²) in [5, 5.41) is 10.6. The normalized spacial score (nSPS) is 52.0. The molecular weight excluding hydrogens is 312 g/mol. The van der Waals surface area contributed by atoms with Crippen molar-refractivity contribution in [3.63, 3.8) is 0 Å². The van der Waals surface area contributed by atoms with Gasteiger partial charge in [-0.2, -0.15) is 0 Å². The van der Waals surface area contributed by atoms with Crippen LogP contribution in [-0.4, -0.2) is 23.8 Å². The Kier molecular flexibility index (Phi) is 4.46. The summed E-state index contributed by atoms with van der Waals surface area (Å²) < 4.78 is 5.32. The Hall–Kier alpha value is -0.570. The number of hydrogen-bond donors (Lipinski definition) is 1. The van der Waals surface area contributed by atoms with Crippen molar-refractivity contribution in [1.29, 1.82) is 0 Å². The van der Waals surface area contributed by atoms with E-state index in [1.165, 1.54) is 38.5 Å². The molecule has 0 aromatic heterocycles. The maximum absolute atomic E-state index is 12.2. The minimum absolute atomic E-state index is 0.0433. The average Bonchev–Trinajstić information content (AvgIpc) is 2.89. The predicted molar refractivity (Wildman–Crippen MR) is 97.9 cm³/mol. The zero-order valence-corrected chi connectivity index (χ0v) is 16.3. The van der Waals surface area contributed by atoms with Crippen LogP contribution >= 0.6 is 0 Å². The summed E-state index contributed by atoms with van der Waals surface area (Å²) in [6.45, 7) is 7.30. The Morgan fingerprint density at radius 2 is 1.72 bits per heavy atom. The Morgan fingerprint density at radius 1 is 1.00 bits per heavy atom. The Morgan fingerprint density at radius 3 is 2.48 bits per heavy atom. The fourth-order valence-electron chi connectivity index (χ4n) is 7.70. The van der Waals surface area contributed by atoms with E-state index in [9.17, 15) is 9.90 Å². The summed E-state index contributed by atoms with van der Waals surface area (Å²) in [6.07, 6.45) is 10.5. The lowest BCUT2D eigenvalue weighted by Gasteiger charge is -2.60. The number of carbonyl (C=O) groups excluding carboxylic acids is 1. The second-order valence-electron chi connectivity index (χ2n) is 10.0. The van der Waals surface area contributed by atoms with Crippen molar-refractivity contribution in [1.82, 2.24) is 0 Å². The zero-order valence-electron chi connectivity index (χ0n) is 16.3. The van der Waals surface area contributed by atoms with Crippen molar-refractivity contribution in [2.24, 2.45) is 40.4 Å². The van der Waals surface area contributed by atoms with E-state index in [1.54, 1.807) is 0 Å². The maximum atomic E-state index is 12.2. The molecule has 4 aliphatic carbocycles. The van der Waals surface area contributed by atoms with E-state index in [0.29, 0.717) is 17.9 Å². The standard InChI is InChI=1S/C22H36O3/c1-4-25-20(24)14-9-11-21(2)15(13-14)5-6-16-17-7-8-19(23)22(17,3)12-10-18(16)21/h14-19,23H,4-13H2,1-3H3. The van der Waals surface area contributed by atoms with Crippen molar-refractivity contribution in [2.45, 2.75) is 84.7 Å². The summed E-state index contributed by atoms with van der Waals surface area (Å²) in [7, 11) is 0. The molecule has 0 spiro atoms. The molecule has 3 nitrogen and oxygen atoms in total. The molecule has 0 amide bonds. The minimum Gasteiger partial charge on any atom is -0.466 e. The first-order chi connectivity index (χ1) is 11.9. The molecule has 0 aromatic rings. The van der Waals surface area contributed by atoms with E-state index in [1.807, 2.05) is 6.92 Å². The van der Waals surface area contributed by atoms with Gasteiger partial charge in [0.2, 0.25) is 0 Å². The Balaban J connectivity index is 1.52. The molecule has 4 rings (SSSR count). The molecule has 142 valence electrons. The first-order valence-electron chi connectivity index (χ1n) is 10.7. The molecule has 25 heavy (non-hydrogen) atoms. The third kappa shape index (κ3) is 2.59. The predicted octanol–water partition coefficient (Wildman–Crippen LogP) is 4.57. The van der Waals surface area contributed by atoms with Gasteiger partial charge in [-0.05, 0) is 99.2 Å². The van der Waals surface area contributed by atoms with E-state index < -0.39 is 0 Å². The molecule has 0 bridgehead atoms. The van der Waals surface area contributed by atoms with E-state index in [4.69, 9.17) is 4.74 Å². The van der Waals surface area contributed by atoms with E-state index in [0.717, 1.165) is 37.0 Å². The molecule has 0 aliphatic heterocycles. The van der Waals surface area contributed by atoms with Gasteiger partial charge >= 0.3 is 5.97 Å². The minimum atomic E-state index is -0.0801. The maximum Gasteiger partial charge on any atom is 0.308 e. The van der Waals surface area contributed by atoms with Crippen molar-refractivity contribution >= 4 is 5.97 Å². The average molecular weight is 349 g/mol. The van der Waals surface area contributed by atoms with Crippen LogP contribution in [0.5, 0.6) is 0 Å². The quantitative estimate of drug-likeness (QED) is 0.744. The van der Waals surface area contributed by atoms with Crippen molar-refractivity contribution in [3.05, 3.63) is 0 Å². The molecule has 8 atom stereocenters.